The molecule has 4 nitrogen and oxygen atoms in total. The number of ketones is 1. The van der Waals surface area contributed by atoms with Gasteiger partial charge in [0.25, 0.3) is 5.91 Å². The molecule has 124 valence electrons. The van der Waals surface area contributed by atoms with E-state index in [1.165, 1.54) is 4.90 Å². The molecule has 1 aliphatic carbocycles. The summed E-state index contributed by atoms with van der Waals surface area (Å²) in [6.45, 7) is 0.0651. The van der Waals surface area contributed by atoms with Crippen LogP contribution in [0.4, 0.5) is 5.69 Å². The summed E-state index contributed by atoms with van der Waals surface area (Å²) in [5, 5.41) is 11.4. The van der Waals surface area contributed by atoms with Crippen molar-refractivity contribution < 1.29 is 14.7 Å². The van der Waals surface area contributed by atoms with Gasteiger partial charge < -0.3 is 5.11 Å². The van der Waals surface area contributed by atoms with Crippen LogP contribution in [0.2, 0.25) is 0 Å². The van der Waals surface area contributed by atoms with Gasteiger partial charge in [0, 0.05) is 11.1 Å². The zero-order chi connectivity index (χ0) is 17.6. The number of hydrogen-bond donors (Lipinski definition) is 1. The Morgan fingerprint density at radius 2 is 1.88 bits per heavy atom. The molecule has 0 spiro atoms. The lowest BCUT2D eigenvalue weighted by Gasteiger charge is -2.34. The van der Waals surface area contributed by atoms with Crippen molar-refractivity contribution in [3.63, 3.8) is 0 Å². The second-order valence-electron chi connectivity index (χ2n) is 6.49. The fraction of sp³-hybridized carbons (Fsp3) is 0.238. The van der Waals surface area contributed by atoms with E-state index in [9.17, 15) is 14.7 Å². The number of anilines is 1. The minimum absolute atomic E-state index is 0.0651. The van der Waals surface area contributed by atoms with Gasteiger partial charge in [0.1, 0.15) is 0 Å². The van der Waals surface area contributed by atoms with Gasteiger partial charge in [0.2, 0.25) is 0 Å². The molecule has 0 bridgehead atoms. The van der Waals surface area contributed by atoms with Gasteiger partial charge in [0.15, 0.2) is 11.4 Å². The highest BCUT2D eigenvalue weighted by Crippen LogP contribution is 2.48. The van der Waals surface area contributed by atoms with Gasteiger partial charge >= 0.3 is 0 Å². The van der Waals surface area contributed by atoms with E-state index in [0.717, 1.165) is 5.56 Å². The van der Waals surface area contributed by atoms with Gasteiger partial charge in [-0.3, -0.25) is 14.5 Å². The molecule has 1 heterocycles. The highest BCUT2D eigenvalue weighted by molar-refractivity contribution is 6.12. The van der Waals surface area contributed by atoms with E-state index in [-0.39, 0.29) is 12.3 Å². The first-order chi connectivity index (χ1) is 12.1. The number of aryl methyl sites for hydroxylation is 1. The van der Waals surface area contributed by atoms with Crippen molar-refractivity contribution >= 4 is 17.4 Å². The van der Waals surface area contributed by atoms with Crippen molar-refractivity contribution in [1.29, 1.82) is 0 Å². The normalized spacial score (nSPS) is 24.6. The molecule has 2 aromatic rings. The topological polar surface area (TPSA) is 57.6 Å². The number of benzene rings is 2. The zero-order valence-electron chi connectivity index (χ0n) is 13.6. The highest BCUT2D eigenvalue weighted by atomic mass is 16.3. The van der Waals surface area contributed by atoms with Gasteiger partial charge in [-0.2, -0.15) is 0 Å². The Bertz CT molecular complexity index is 927. The van der Waals surface area contributed by atoms with E-state index in [4.69, 9.17) is 6.42 Å². The summed E-state index contributed by atoms with van der Waals surface area (Å²) >= 11 is 0. The van der Waals surface area contributed by atoms with Gasteiger partial charge in [-0.25, -0.2) is 0 Å². The van der Waals surface area contributed by atoms with E-state index in [1.54, 1.807) is 36.4 Å². The Kier molecular flexibility index (Phi) is 3.48. The summed E-state index contributed by atoms with van der Waals surface area (Å²) in [6, 6.07) is 14.4. The zero-order valence-corrected chi connectivity index (χ0v) is 13.6. The number of fused-ring (bicyclic) bond motifs is 2. The number of nitrogens with zero attached hydrogens (tertiary/aromatic N) is 1. The van der Waals surface area contributed by atoms with Crippen LogP contribution in [-0.2, 0) is 16.8 Å². The first-order valence-corrected chi connectivity index (χ1v) is 8.28. The van der Waals surface area contributed by atoms with E-state index in [0.29, 0.717) is 29.7 Å². The lowest BCUT2D eigenvalue weighted by molar-refractivity contribution is -0.140. The number of rotatable bonds is 2. The van der Waals surface area contributed by atoms with Crippen molar-refractivity contribution in [2.45, 2.75) is 18.4 Å². The Morgan fingerprint density at radius 1 is 1.16 bits per heavy atom. The Labute approximate surface area is 146 Å². The number of carbonyl (C=O) groups excluding carboxylic acids is 2. The molecular formula is C21H17NO3. The monoisotopic (exact) mass is 331 g/mol. The number of hydrogen-bond acceptors (Lipinski definition) is 3. The molecular weight excluding hydrogens is 314 g/mol. The number of Topliss-reactive ketones (excluding diaryl/α,β-unsaturated/α-hetero) is 1. The average molecular weight is 331 g/mol. The number of amides is 1. The molecule has 2 aromatic carbocycles. The molecule has 0 radical (unpaired) electrons. The predicted molar refractivity (Wildman–Crippen MR) is 94.1 cm³/mol. The summed E-state index contributed by atoms with van der Waals surface area (Å²) in [5.74, 6) is 0.956. The summed E-state index contributed by atoms with van der Waals surface area (Å²) in [7, 11) is 0. The molecule has 4 rings (SSSR count). The molecule has 0 saturated heterocycles. The first-order valence-electron chi connectivity index (χ1n) is 8.28. The third-order valence-corrected chi connectivity index (χ3v) is 5.23. The minimum atomic E-state index is -1.86. The number of terminal acetylenes is 1. The van der Waals surface area contributed by atoms with E-state index < -0.39 is 17.4 Å². The number of carbonyl (C=O) groups is 2. The van der Waals surface area contributed by atoms with Crippen molar-refractivity contribution in [3.8, 4) is 12.3 Å². The SMILES string of the molecule is C#CCN1C(=O)[C@](O)([C@@H]2CCc3ccccc3C2=O)c2ccccc21. The van der Waals surface area contributed by atoms with Crippen molar-refractivity contribution in [1.82, 2.24) is 0 Å². The summed E-state index contributed by atoms with van der Waals surface area (Å²) in [6.07, 6.45) is 6.47. The molecule has 1 amide bonds. The molecule has 4 heteroatoms. The minimum Gasteiger partial charge on any atom is -0.375 e. The molecule has 0 unspecified atom stereocenters. The van der Waals surface area contributed by atoms with Gasteiger partial charge in [0.05, 0.1) is 18.2 Å². The summed E-state index contributed by atoms with van der Waals surface area (Å²) < 4.78 is 0. The molecule has 25 heavy (non-hydrogen) atoms. The van der Waals surface area contributed by atoms with Gasteiger partial charge in [-0.1, -0.05) is 48.4 Å². The molecule has 2 aliphatic rings. The largest absolute Gasteiger partial charge is 0.375 e. The summed E-state index contributed by atoms with van der Waals surface area (Å²) in [5.41, 5.74) is 0.741. The maximum atomic E-state index is 13.1. The summed E-state index contributed by atoms with van der Waals surface area (Å²) in [4.78, 5) is 27.5. The van der Waals surface area contributed by atoms with E-state index in [2.05, 4.69) is 5.92 Å². The van der Waals surface area contributed by atoms with Crippen LogP contribution in [0.5, 0.6) is 0 Å². The van der Waals surface area contributed by atoms with Crippen LogP contribution in [-0.4, -0.2) is 23.3 Å². The van der Waals surface area contributed by atoms with Crippen LogP contribution in [0, 0.1) is 18.3 Å². The Balaban J connectivity index is 1.84. The first kappa shape index (κ1) is 15.6. The Hall–Kier alpha value is -2.90. The quantitative estimate of drug-likeness (QED) is 0.859. The lowest BCUT2D eigenvalue weighted by atomic mass is 9.71. The maximum absolute atomic E-state index is 13.1. The fourth-order valence-corrected chi connectivity index (χ4v) is 4.04. The molecule has 1 N–H and O–H groups in total. The average Bonchev–Trinajstić information content (AvgIpc) is 2.85. The molecule has 1 aliphatic heterocycles. The van der Waals surface area contributed by atoms with Gasteiger partial charge in [-0.05, 0) is 24.5 Å². The lowest BCUT2D eigenvalue weighted by Crippen LogP contribution is -2.49. The van der Waals surface area contributed by atoms with Crippen LogP contribution in [0.1, 0.15) is 27.9 Å². The number of para-hydroxylation sites is 1. The predicted octanol–water partition coefficient (Wildman–Crippen LogP) is 2.30. The van der Waals surface area contributed by atoms with E-state index >= 15 is 0 Å². The third-order valence-electron chi connectivity index (χ3n) is 5.23. The van der Waals surface area contributed by atoms with Crippen LogP contribution in [0.3, 0.4) is 0 Å². The third kappa shape index (κ3) is 2.06. The van der Waals surface area contributed by atoms with Crippen LogP contribution in [0.25, 0.3) is 0 Å². The van der Waals surface area contributed by atoms with Crippen LogP contribution >= 0.6 is 0 Å². The second kappa shape index (κ2) is 5.58. The second-order valence-corrected chi connectivity index (χ2v) is 6.49. The van der Waals surface area contributed by atoms with Crippen molar-refractivity contribution in [2.75, 3.05) is 11.4 Å². The van der Waals surface area contributed by atoms with Gasteiger partial charge in [-0.15, -0.1) is 6.42 Å². The molecule has 2 atom stereocenters. The Morgan fingerprint density at radius 3 is 2.68 bits per heavy atom. The van der Waals surface area contributed by atoms with E-state index in [1.807, 2.05) is 12.1 Å². The van der Waals surface area contributed by atoms with Crippen LogP contribution in [0.15, 0.2) is 48.5 Å². The fourth-order valence-electron chi connectivity index (χ4n) is 4.04. The molecule has 0 saturated carbocycles. The standard InChI is InChI=1S/C21H17NO3/c1-2-13-22-18-10-6-5-9-16(18)21(25,20(22)24)17-12-11-14-7-3-4-8-15(14)19(17)23/h1,3-10,17,25H,11-13H2/t17-,21-/m1/s1. The van der Waals surface area contributed by atoms with Crippen molar-refractivity contribution in [3.05, 3.63) is 65.2 Å². The number of aliphatic hydroxyl groups is 1. The van der Waals surface area contributed by atoms with Crippen LogP contribution < -0.4 is 4.90 Å². The molecule has 0 aromatic heterocycles. The van der Waals surface area contributed by atoms with Crippen molar-refractivity contribution in [2.24, 2.45) is 5.92 Å². The maximum Gasteiger partial charge on any atom is 0.265 e. The molecule has 0 fully saturated rings. The highest BCUT2D eigenvalue weighted by Gasteiger charge is 2.57. The smallest absolute Gasteiger partial charge is 0.265 e.